The van der Waals surface area contributed by atoms with Crippen molar-refractivity contribution in [2.75, 3.05) is 13.2 Å². The Balaban J connectivity index is 2.50. The third-order valence-corrected chi connectivity index (χ3v) is 3.65. The van der Waals surface area contributed by atoms with Gasteiger partial charge in [0.15, 0.2) is 0 Å². The first-order chi connectivity index (χ1) is 10.4. The average Bonchev–Trinajstić information content (AvgIpc) is 2.79. The number of aliphatic hydroxyl groups excluding tert-OH is 1. The zero-order valence-corrected chi connectivity index (χ0v) is 11.6. The van der Waals surface area contributed by atoms with Crippen LogP contribution in [-0.2, 0) is 4.74 Å². The maximum absolute atomic E-state index is 11.9. The fourth-order valence-electron chi connectivity index (χ4n) is 2.58. The fourth-order valence-corrected chi connectivity index (χ4v) is 2.58. The van der Waals surface area contributed by atoms with Crippen LogP contribution in [0, 0.1) is 40.2 Å². The number of rotatable bonds is 4. The molecule has 1 saturated heterocycles. The van der Waals surface area contributed by atoms with E-state index in [0.717, 1.165) is 4.57 Å². The summed E-state index contributed by atoms with van der Waals surface area (Å²) in [4.78, 5) is 35.6. The molecule has 118 valence electrons. The Morgan fingerprint density at radius 2 is 2.27 bits per heavy atom. The first-order valence-electron chi connectivity index (χ1n) is 6.48. The van der Waals surface area contributed by atoms with Crippen LogP contribution in [0.2, 0.25) is 0 Å². The number of aromatic nitrogens is 2. The van der Waals surface area contributed by atoms with Gasteiger partial charge in [-0.3, -0.25) is 24.5 Å². The van der Waals surface area contributed by atoms with E-state index in [2.05, 4.69) is 4.98 Å². The molecule has 0 bridgehead atoms. The first kappa shape index (κ1) is 15.9. The monoisotopic (exact) mass is 310 g/mol. The van der Waals surface area contributed by atoms with Crippen LogP contribution in [0.15, 0.2) is 15.8 Å². The van der Waals surface area contributed by atoms with Gasteiger partial charge in [-0.1, -0.05) is 0 Å². The van der Waals surface area contributed by atoms with E-state index in [1.807, 2.05) is 6.07 Å². The summed E-state index contributed by atoms with van der Waals surface area (Å²) >= 11 is 0. The highest BCUT2D eigenvalue weighted by Crippen LogP contribution is 2.38. The van der Waals surface area contributed by atoms with Crippen molar-refractivity contribution in [3.8, 4) is 6.07 Å². The van der Waals surface area contributed by atoms with Gasteiger partial charge in [-0.25, -0.2) is 4.79 Å². The van der Waals surface area contributed by atoms with Gasteiger partial charge in [0.25, 0.3) is 5.56 Å². The summed E-state index contributed by atoms with van der Waals surface area (Å²) in [6, 6.07) is 1.89. The molecule has 0 radical (unpaired) electrons. The van der Waals surface area contributed by atoms with E-state index in [-0.39, 0.29) is 5.56 Å². The molecule has 2 heterocycles. The second-order valence-electron chi connectivity index (χ2n) is 5.06. The number of ether oxygens (including phenoxy) is 1. The average molecular weight is 310 g/mol. The van der Waals surface area contributed by atoms with E-state index in [1.165, 1.54) is 13.1 Å². The summed E-state index contributed by atoms with van der Waals surface area (Å²) in [6.45, 7) is 0.377. The maximum Gasteiger partial charge on any atom is 0.330 e. The van der Waals surface area contributed by atoms with Crippen molar-refractivity contribution in [1.29, 1.82) is 5.26 Å². The van der Waals surface area contributed by atoms with Gasteiger partial charge >= 0.3 is 5.69 Å². The summed E-state index contributed by atoms with van der Waals surface area (Å²) in [7, 11) is 0. The molecule has 1 aliphatic rings. The van der Waals surface area contributed by atoms with Crippen LogP contribution < -0.4 is 11.2 Å². The predicted octanol–water partition coefficient (Wildman–Crippen LogP) is -1.23. The molecular formula is C12H14N4O6. The smallest absolute Gasteiger partial charge is 0.330 e. The summed E-state index contributed by atoms with van der Waals surface area (Å²) in [6.07, 6.45) is -0.804. The van der Waals surface area contributed by atoms with Gasteiger partial charge in [0.05, 0.1) is 30.6 Å². The van der Waals surface area contributed by atoms with Gasteiger partial charge in [-0.05, 0) is 6.92 Å². The number of nitro groups is 1. The number of aryl methyl sites for hydroxylation is 1. The molecule has 0 aromatic carbocycles. The lowest BCUT2D eigenvalue weighted by Gasteiger charge is -2.18. The Bertz CT molecular complexity index is 732. The number of aliphatic hydroxyl groups is 1. The number of aromatic amines is 1. The van der Waals surface area contributed by atoms with Crippen molar-refractivity contribution < 1.29 is 14.8 Å². The van der Waals surface area contributed by atoms with Crippen molar-refractivity contribution in [2.24, 2.45) is 11.8 Å². The standard InChI is InChI=1S/C12H14N4O6/c1-6-3-15(12(19)14-10(6)18)11-8(4-16(20)21)7(2-13)9(5-17)22-11/h3,7-9,11,17H,4-5H2,1H3,(H,14,18,19)/t7-,8-,9-,11-/m1/s1. The van der Waals surface area contributed by atoms with Gasteiger partial charge in [0.1, 0.15) is 6.23 Å². The third-order valence-electron chi connectivity index (χ3n) is 3.65. The second-order valence-corrected chi connectivity index (χ2v) is 5.06. The molecule has 0 unspecified atom stereocenters. The highest BCUT2D eigenvalue weighted by atomic mass is 16.6. The zero-order chi connectivity index (χ0) is 16.4. The minimum Gasteiger partial charge on any atom is -0.394 e. The summed E-state index contributed by atoms with van der Waals surface area (Å²) in [5, 5.41) is 29.3. The summed E-state index contributed by atoms with van der Waals surface area (Å²) < 4.78 is 6.47. The quantitative estimate of drug-likeness (QED) is 0.521. The van der Waals surface area contributed by atoms with Gasteiger partial charge in [-0.15, -0.1) is 0 Å². The molecule has 1 aliphatic heterocycles. The number of nitrogens with one attached hydrogen (secondary N) is 1. The molecule has 22 heavy (non-hydrogen) atoms. The lowest BCUT2D eigenvalue weighted by Crippen LogP contribution is -2.37. The zero-order valence-electron chi connectivity index (χ0n) is 11.6. The fraction of sp³-hybridized carbons (Fsp3) is 0.583. The number of H-pyrrole nitrogens is 1. The van der Waals surface area contributed by atoms with E-state index in [1.54, 1.807) is 0 Å². The molecule has 10 heteroatoms. The van der Waals surface area contributed by atoms with E-state index in [4.69, 9.17) is 4.74 Å². The number of hydrogen-bond acceptors (Lipinski definition) is 7. The molecule has 4 atom stereocenters. The minimum absolute atomic E-state index is 0.226. The molecule has 10 nitrogen and oxygen atoms in total. The molecule has 0 spiro atoms. The highest BCUT2D eigenvalue weighted by Gasteiger charge is 2.48. The van der Waals surface area contributed by atoms with E-state index < -0.39 is 53.5 Å². The number of nitriles is 1. The molecule has 0 aliphatic carbocycles. The Morgan fingerprint density at radius 3 is 2.82 bits per heavy atom. The summed E-state index contributed by atoms with van der Waals surface area (Å²) in [5.41, 5.74) is -1.13. The Kier molecular flexibility index (Phi) is 4.39. The van der Waals surface area contributed by atoms with Crippen molar-refractivity contribution in [2.45, 2.75) is 19.3 Å². The Labute approximate surface area is 123 Å². The lowest BCUT2D eigenvalue weighted by molar-refractivity contribution is -0.491. The molecule has 0 saturated carbocycles. The van der Waals surface area contributed by atoms with Gasteiger partial charge in [0.2, 0.25) is 6.54 Å². The van der Waals surface area contributed by atoms with E-state index in [0.29, 0.717) is 0 Å². The number of hydrogen-bond donors (Lipinski definition) is 2. The van der Waals surface area contributed by atoms with Gasteiger partial charge in [-0.2, -0.15) is 5.26 Å². The first-order valence-corrected chi connectivity index (χ1v) is 6.48. The minimum atomic E-state index is -1.10. The molecule has 1 aromatic rings. The lowest BCUT2D eigenvalue weighted by atomic mass is 9.90. The van der Waals surface area contributed by atoms with Crippen LogP contribution in [0.25, 0.3) is 0 Å². The van der Waals surface area contributed by atoms with Gasteiger partial charge in [0, 0.05) is 16.7 Å². The van der Waals surface area contributed by atoms with Crippen molar-refractivity contribution in [3.63, 3.8) is 0 Å². The SMILES string of the molecule is Cc1cn([C@@H]2O[C@H](CO)[C@H](C#N)[C@H]2C[N+](=O)[O-])c(=O)[nH]c1=O. The maximum atomic E-state index is 11.9. The topological polar surface area (TPSA) is 151 Å². The van der Waals surface area contributed by atoms with Gasteiger partial charge < -0.3 is 9.84 Å². The summed E-state index contributed by atoms with van der Waals surface area (Å²) in [5.74, 6) is -1.85. The van der Waals surface area contributed by atoms with Crippen molar-refractivity contribution in [1.82, 2.24) is 9.55 Å². The van der Waals surface area contributed by atoms with Crippen LogP contribution in [0.3, 0.4) is 0 Å². The van der Waals surface area contributed by atoms with E-state index >= 15 is 0 Å². The molecule has 1 fully saturated rings. The van der Waals surface area contributed by atoms with Crippen LogP contribution in [-0.4, -0.2) is 38.8 Å². The van der Waals surface area contributed by atoms with Crippen LogP contribution >= 0.6 is 0 Å². The molecule has 2 rings (SSSR count). The third kappa shape index (κ3) is 2.76. The molecule has 2 N–H and O–H groups in total. The Morgan fingerprint density at radius 1 is 1.59 bits per heavy atom. The van der Waals surface area contributed by atoms with Crippen LogP contribution in [0.5, 0.6) is 0 Å². The predicted molar refractivity (Wildman–Crippen MR) is 71.5 cm³/mol. The second kappa shape index (κ2) is 6.08. The molecule has 1 aromatic heterocycles. The highest BCUT2D eigenvalue weighted by molar-refractivity contribution is 5.05. The van der Waals surface area contributed by atoms with Crippen molar-refractivity contribution >= 4 is 0 Å². The molecule has 0 amide bonds. The van der Waals surface area contributed by atoms with Crippen LogP contribution in [0.4, 0.5) is 0 Å². The normalized spacial score (nSPS) is 27.5. The largest absolute Gasteiger partial charge is 0.394 e. The van der Waals surface area contributed by atoms with Crippen molar-refractivity contribution in [3.05, 3.63) is 42.7 Å². The van der Waals surface area contributed by atoms with Crippen LogP contribution in [0.1, 0.15) is 11.8 Å². The Hall–Kier alpha value is -2.51. The van der Waals surface area contributed by atoms with E-state index in [9.17, 15) is 30.1 Å². The molecular weight excluding hydrogens is 296 g/mol. The number of nitrogens with zero attached hydrogens (tertiary/aromatic N) is 3.